The van der Waals surface area contributed by atoms with Gasteiger partial charge in [-0.1, -0.05) is 0 Å². The molecule has 1 saturated carbocycles. The molecule has 0 N–H and O–H groups in total. The Balaban J connectivity index is 1.61. The Morgan fingerprint density at radius 1 is 1.33 bits per heavy atom. The van der Waals surface area contributed by atoms with Crippen molar-refractivity contribution in [3.05, 3.63) is 39.6 Å². The standard InChI is InChI=1S/C18H23N3O2S/c1-12-10-15(13(2)24-12)16(22)6-7-18(23)21(14-4-5-14)11-17-19-8-9-20(17)3/h8-10,14H,4-7,11H2,1-3H3. The van der Waals surface area contributed by atoms with Crippen molar-refractivity contribution in [3.8, 4) is 0 Å². The molecule has 0 aromatic carbocycles. The van der Waals surface area contributed by atoms with Gasteiger partial charge in [-0.05, 0) is 32.8 Å². The summed E-state index contributed by atoms with van der Waals surface area (Å²) in [7, 11) is 1.93. The van der Waals surface area contributed by atoms with Crippen LogP contribution >= 0.6 is 11.3 Å². The molecule has 3 rings (SSSR count). The van der Waals surface area contributed by atoms with Gasteiger partial charge in [0.2, 0.25) is 5.91 Å². The molecular weight excluding hydrogens is 322 g/mol. The Bertz CT molecular complexity index is 758. The lowest BCUT2D eigenvalue weighted by atomic mass is 10.1. The van der Waals surface area contributed by atoms with Crippen LogP contribution in [0.25, 0.3) is 0 Å². The molecule has 1 aliphatic rings. The summed E-state index contributed by atoms with van der Waals surface area (Å²) in [5.74, 6) is 1.00. The molecule has 0 atom stereocenters. The number of aryl methyl sites for hydroxylation is 3. The first-order valence-electron chi connectivity index (χ1n) is 8.31. The van der Waals surface area contributed by atoms with E-state index in [9.17, 15) is 9.59 Å². The molecule has 128 valence electrons. The molecule has 1 amide bonds. The number of Topliss-reactive ketones (excluding diaryl/α,β-unsaturated/α-hetero) is 1. The summed E-state index contributed by atoms with van der Waals surface area (Å²) in [6.07, 6.45) is 6.28. The largest absolute Gasteiger partial charge is 0.337 e. The zero-order valence-electron chi connectivity index (χ0n) is 14.4. The van der Waals surface area contributed by atoms with Crippen LogP contribution in [0, 0.1) is 13.8 Å². The van der Waals surface area contributed by atoms with Crippen molar-refractivity contribution in [1.82, 2.24) is 14.5 Å². The predicted molar refractivity (Wildman–Crippen MR) is 94.1 cm³/mol. The molecule has 24 heavy (non-hydrogen) atoms. The van der Waals surface area contributed by atoms with Gasteiger partial charge in [0.1, 0.15) is 5.82 Å². The second-order valence-corrected chi connectivity index (χ2v) is 7.92. The summed E-state index contributed by atoms with van der Waals surface area (Å²) in [6, 6.07) is 2.24. The normalized spacial score (nSPS) is 14.0. The van der Waals surface area contributed by atoms with Crippen molar-refractivity contribution >= 4 is 23.0 Å². The monoisotopic (exact) mass is 345 g/mol. The highest BCUT2D eigenvalue weighted by atomic mass is 32.1. The van der Waals surface area contributed by atoms with Gasteiger partial charge in [-0.2, -0.15) is 0 Å². The number of rotatable bonds is 7. The van der Waals surface area contributed by atoms with Crippen LogP contribution in [-0.4, -0.2) is 32.2 Å². The molecule has 0 saturated heterocycles. The average molecular weight is 345 g/mol. The lowest BCUT2D eigenvalue weighted by molar-refractivity contribution is -0.132. The maximum Gasteiger partial charge on any atom is 0.223 e. The van der Waals surface area contributed by atoms with Crippen LogP contribution in [0.4, 0.5) is 0 Å². The van der Waals surface area contributed by atoms with Crippen LogP contribution in [-0.2, 0) is 18.4 Å². The summed E-state index contributed by atoms with van der Waals surface area (Å²) in [5.41, 5.74) is 0.771. The van der Waals surface area contributed by atoms with Crippen LogP contribution in [0.1, 0.15) is 51.6 Å². The second-order valence-electron chi connectivity index (χ2n) is 6.46. The molecule has 1 fully saturated rings. The Morgan fingerprint density at radius 2 is 2.08 bits per heavy atom. The Morgan fingerprint density at radius 3 is 2.62 bits per heavy atom. The molecule has 0 unspecified atom stereocenters. The summed E-state index contributed by atoms with van der Waals surface area (Å²) in [6.45, 7) is 4.49. The topological polar surface area (TPSA) is 55.2 Å². The van der Waals surface area contributed by atoms with Crippen LogP contribution in [0.3, 0.4) is 0 Å². The van der Waals surface area contributed by atoms with E-state index >= 15 is 0 Å². The van der Waals surface area contributed by atoms with Gasteiger partial charge in [-0.15, -0.1) is 11.3 Å². The van der Waals surface area contributed by atoms with Gasteiger partial charge < -0.3 is 9.47 Å². The van der Waals surface area contributed by atoms with Gasteiger partial charge in [0.25, 0.3) is 0 Å². The summed E-state index contributed by atoms with van der Waals surface area (Å²) in [5, 5.41) is 0. The number of nitrogens with zero attached hydrogens (tertiary/aromatic N) is 3. The fourth-order valence-corrected chi connectivity index (χ4v) is 3.86. The molecule has 1 aliphatic carbocycles. The highest BCUT2D eigenvalue weighted by Crippen LogP contribution is 2.29. The van der Waals surface area contributed by atoms with Gasteiger partial charge >= 0.3 is 0 Å². The van der Waals surface area contributed by atoms with E-state index in [0.717, 1.165) is 34.0 Å². The third kappa shape index (κ3) is 3.75. The van der Waals surface area contributed by atoms with Crippen molar-refractivity contribution in [2.75, 3.05) is 0 Å². The Hall–Kier alpha value is -1.95. The van der Waals surface area contributed by atoms with Gasteiger partial charge in [0.15, 0.2) is 5.78 Å². The van der Waals surface area contributed by atoms with Crippen LogP contribution in [0.5, 0.6) is 0 Å². The first-order chi connectivity index (χ1) is 11.5. The number of ketones is 1. The maximum atomic E-state index is 12.6. The zero-order chi connectivity index (χ0) is 17.3. The fraction of sp³-hybridized carbons (Fsp3) is 0.500. The van der Waals surface area contributed by atoms with Gasteiger partial charge in [-0.3, -0.25) is 9.59 Å². The number of carbonyl (C=O) groups is 2. The molecule has 2 heterocycles. The zero-order valence-corrected chi connectivity index (χ0v) is 15.2. The molecule has 0 spiro atoms. The molecular formula is C18H23N3O2S. The van der Waals surface area contributed by atoms with E-state index in [4.69, 9.17) is 0 Å². The van der Waals surface area contributed by atoms with E-state index in [0.29, 0.717) is 12.6 Å². The van der Waals surface area contributed by atoms with Crippen molar-refractivity contribution in [2.45, 2.75) is 52.1 Å². The second kappa shape index (κ2) is 6.89. The molecule has 2 aromatic rings. The SMILES string of the molecule is Cc1cc(C(=O)CCC(=O)N(Cc2nccn2C)C2CC2)c(C)s1. The Kier molecular flexibility index (Phi) is 4.85. The number of hydrogen-bond donors (Lipinski definition) is 0. The highest BCUT2D eigenvalue weighted by molar-refractivity contribution is 7.12. The fourth-order valence-electron chi connectivity index (χ4n) is 2.91. The van der Waals surface area contributed by atoms with Crippen LogP contribution in [0.15, 0.2) is 18.5 Å². The average Bonchev–Trinajstić information content (AvgIpc) is 3.21. The quantitative estimate of drug-likeness (QED) is 0.724. The predicted octanol–water partition coefficient (Wildman–Crippen LogP) is 3.25. The summed E-state index contributed by atoms with van der Waals surface area (Å²) in [4.78, 5) is 33.4. The third-order valence-electron chi connectivity index (χ3n) is 4.45. The highest BCUT2D eigenvalue weighted by Gasteiger charge is 2.33. The Labute approximate surface area is 146 Å². The third-order valence-corrected chi connectivity index (χ3v) is 5.41. The van der Waals surface area contributed by atoms with Gasteiger partial charge in [0, 0.05) is 53.6 Å². The van der Waals surface area contributed by atoms with Crippen LogP contribution < -0.4 is 0 Å². The number of thiophene rings is 1. The first kappa shape index (κ1) is 16.9. The first-order valence-corrected chi connectivity index (χ1v) is 9.13. The van der Waals surface area contributed by atoms with Crippen LogP contribution in [0.2, 0.25) is 0 Å². The lowest BCUT2D eigenvalue weighted by Crippen LogP contribution is -2.33. The van der Waals surface area contributed by atoms with Gasteiger partial charge in [0.05, 0.1) is 6.54 Å². The van der Waals surface area contributed by atoms with Crippen molar-refractivity contribution in [1.29, 1.82) is 0 Å². The molecule has 0 bridgehead atoms. The minimum absolute atomic E-state index is 0.0541. The number of hydrogen-bond acceptors (Lipinski definition) is 4. The van der Waals surface area contributed by atoms with E-state index < -0.39 is 0 Å². The van der Waals surface area contributed by atoms with E-state index in [2.05, 4.69) is 4.98 Å². The maximum absolute atomic E-state index is 12.6. The molecule has 6 heteroatoms. The molecule has 2 aromatic heterocycles. The number of aromatic nitrogens is 2. The minimum Gasteiger partial charge on any atom is -0.337 e. The lowest BCUT2D eigenvalue weighted by Gasteiger charge is -2.22. The summed E-state index contributed by atoms with van der Waals surface area (Å²) >= 11 is 1.63. The number of amides is 1. The van der Waals surface area contributed by atoms with Crippen molar-refractivity contribution in [3.63, 3.8) is 0 Å². The van der Waals surface area contributed by atoms with E-state index in [1.807, 2.05) is 42.6 Å². The smallest absolute Gasteiger partial charge is 0.223 e. The van der Waals surface area contributed by atoms with Crippen molar-refractivity contribution < 1.29 is 9.59 Å². The molecule has 0 radical (unpaired) electrons. The van der Waals surface area contributed by atoms with Gasteiger partial charge in [-0.25, -0.2) is 4.98 Å². The number of imidazole rings is 1. The van der Waals surface area contributed by atoms with E-state index in [-0.39, 0.29) is 24.5 Å². The van der Waals surface area contributed by atoms with E-state index in [1.54, 1.807) is 17.5 Å². The number of carbonyl (C=O) groups excluding carboxylic acids is 2. The van der Waals surface area contributed by atoms with E-state index in [1.165, 1.54) is 0 Å². The minimum atomic E-state index is 0.0541. The molecule has 0 aliphatic heterocycles. The molecule has 5 nitrogen and oxygen atoms in total. The van der Waals surface area contributed by atoms with Crippen molar-refractivity contribution in [2.24, 2.45) is 7.05 Å². The summed E-state index contributed by atoms with van der Waals surface area (Å²) < 4.78 is 1.94.